The number of carbonyl (C=O) groups is 4. The molecule has 0 aromatic heterocycles. The van der Waals surface area contributed by atoms with Gasteiger partial charge in [0.25, 0.3) is 11.8 Å². The van der Waals surface area contributed by atoms with Crippen LogP contribution in [0.4, 0.5) is 5.69 Å². The maximum atomic E-state index is 12.9. The quantitative estimate of drug-likeness (QED) is 0.793. The van der Waals surface area contributed by atoms with E-state index in [-0.39, 0.29) is 24.8 Å². The van der Waals surface area contributed by atoms with Gasteiger partial charge in [-0.2, -0.15) is 0 Å². The zero-order valence-corrected chi connectivity index (χ0v) is 14.3. The summed E-state index contributed by atoms with van der Waals surface area (Å²) in [6, 6.07) is 4.30. The fourth-order valence-corrected chi connectivity index (χ4v) is 3.41. The standard InChI is InChI=1S/C18H21N3O4/c1-3-5-10(2)19-12-7-4-6-11-15(12)18(25)21(17(11)24)13-8-9-14(22)20-16(13)23/h4,6-7,10,13,19H,3,5,8-9H2,1-2H3,(H,20,22,23)/t10-,13?/m0/s1. The Morgan fingerprint density at radius 1 is 1.24 bits per heavy atom. The van der Waals surface area contributed by atoms with Crippen LogP contribution in [0.2, 0.25) is 0 Å². The molecule has 1 aromatic rings. The zero-order valence-electron chi connectivity index (χ0n) is 14.3. The van der Waals surface area contributed by atoms with E-state index in [4.69, 9.17) is 0 Å². The zero-order chi connectivity index (χ0) is 18.1. The van der Waals surface area contributed by atoms with Crippen LogP contribution in [0.15, 0.2) is 18.2 Å². The smallest absolute Gasteiger partial charge is 0.264 e. The van der Waals surface area contributed by atoms with Gasteiger partial charge in [-0.1, -0.05) is 19.4 Å². The van der Waals surface area contributed by atoms with Crippen molar-refractivity contribution in [2.45, 2.75) is 51.6 Å². The van der Waals surface area contributed by atoms with Crippen molar-refractivity contribution in [2.75, 3.05) is 5.32 Å². The maximum Gasteiger partial charge on any atom is 0.264 e. The number of benzene rings is 1. The van der Waals surface area contributed by atoms with Gasteiger partial charge in [-0.05, 0) is 31.9 Å². The number of imide groups is 2. The number of rotatable bonds is 5. The van der Waals surface area contributed by atoms with Crippen LogP contribution in [0.3, 0.4) is 0 Å². The van der Waals surface area contributed by atoms with Crippen LogP contribution in [-0.4, -0.2) is 40.6 Å². The highest BCUT2D eigenvalue weighted by Crippen LogP contribution is 2.32. The van der Waals surface area contributed by atoms with Crippen molar-refractivity contribution < 1.29 is 19.2 Å². The molecule has 25 heavy (non-hydrogen) atoms. The van der Waals surface area contributed by atoms with E-state index in [0.717, 1.165) is 17.7 Å². The molecule has 132 valence electrons. The lowest BCUT2D eigenvalue weighted by molar-refractivity contribution is -0.136. The van der Waals surface area contributed by atoms with Gasteiger partial charge in [-0.3, -0.25) is 29.4 Å². The van der Waals surface area contributed by atoms with Crippen molar-refractivity contribution in [2.24, 2.45) is 0 Å². The van der Waals surface area contributed by atoms with Gasteiger partial charge < -0.3 is 5.32 Å². The van der Waals surface area contributed by atoms with Crippen LogP contribution in [-0.2, 0) is 9.59 Å². The number of nitrogens with zero attached hydrogens (tertiary/aromatic N) is 1. The van der Waals surface area contributed by atoms with Crippen molar-refractivity contribution in [3.8, 4) is 0 Å². The van der Waals surface area contributed by atoms with Crippen molar-refractivity contribution in [1.82, 2.24) is 10.2 Å². The molecule has 0 saturated carbocycles. The minimum atomic E-state index is -0.939. The predicted octanol–water partition coefficient (Wildman–Crippen LogP) is 1.69. The van der Waals surface area contributed by atoms with Crippen LogP contribution in [0.25, 0.3) is 0 Å². The molecule has 0 bridgehead atoms. The average Bonchev–Trinajstić information content (AvgIpc) is 2.81. The van der Waals surface area contributed by atoms with Crippen molar-refractivity contribution in [1.29, 1.82) is 0 Å². The molecule has 1 unspecified atom stereocenters. The summed E-state index contributed by atoms with van der Waals surface area (Å²) in [6.07, 6.45) is 2.20. The molecular weight excluding hydrogens is 322 g/mol. The Hall–Kier alpha value is -2.70. The topological polar surface area (TPSA) is 95.6 Å². The van der Waals surface area contributed by atoms with Gasteiger partial charge >= 0.3 is 0 Å². The Morgan fingerprint density at radius 2 is 2.00 bits per heavy atom. The van der Waals surface area contributed by atoms with Gasteiger partial charge in [0, 0.05) is 18.2 Å². The highest BCUT2D eigenvalue weighted by Gasteiger charge is 2.45. The van der Waals surface area contributed by atoms with Gasteiger partial charge in [0.05, 0.1) is 11.1 Å². The van der Waals surface area contributed by atoms with Crippen molar-refractivity contribution >= 4 is 29.3 Å². The monoisotopic (exact) mass is 343 g/mol. The number of nitrogens with one attached hydrogen (secondary N) is 2. The van der Waals surface area contributed by atoms with E-state index < -0.39 is 23.8 Å². The molecule has 2 N–H and O–H groups in total. The Labute approximate surface area is 145 Å². The molecule has 0 spiro atoms. The SMILES string of the molecule is CCC[C@H](C)Nc1cccc2c1C(=O)N(C1CCC(=O)NC1=O)C2=O. The Kier molecular flexibility index (Phi) is 4.57. The van der Waals surface area contributed by atoms with Gasteiger partial charge in [-0.15, -0.1) is 0 Å². The summed E-state index contributed by atoms with van der Waals surface area (Å²) in [5.41, 5.74) is 1.20. The predicted molar refractivity (Wildman–Crippen MR) is 91.1 cm³/mol. The molecule has 4 amide bonds. The fourth-order valence-electron chi connectivity index (χ4n) is 3.41. The van der Waals surface area contributed by atoms with E-state index in [1.54, 1.807) is 18.2 Å². The van der Waals surface area contributed by atoms with Crippen LogP contribution in [0.5, 0.6) is 0 Å². The molecule has 7 heteroatoms. The third kappa shape index (κ3) is 3.01. The molecule has 2 aliphatic rings. The maximum absolute atomic E-state index is 12.9. The van der Waals surface area contributed by atoms with Gasteiger partial charge in [0.15, 0.2) is 0 Å². The number of hydrogen-bond acceptors (Lipinski definition) is 5. The normalized spacial score (nSPS) is 21.2. The first kappa shape index (κ1) is 17.1. The molecule has 0 radical (unpaired) electrons. The molecule has 2 atom stereocenters. The minimum absolute atomic E-state index is 0.114. The largest absolute Gasteiger partial charge is 0.382 e. The Morgan fingerprint density at radius 3 is 2.68 bits per heavy atom. The summed E-state index contributed by atoms with van der Waals surface area (Å²) >= 11 is 0. The number of amides is 4. The van der Waals surface area contributed by atoms with E-state index >= 15 is 0 Å². The summed E-state index contributed by atoms with van der Waals surface area (Å²) in [7, 11) is 0. The van der Waals surface area contributed by atoms with Crippen LogP contribution < -0.4 is 10.6 Å². The number of fused-ring (bicyclic) bond motifs is 1. The molecule has 1 fully saturated rings. The van der Waals surface area contributed by atoms with E-state index in [0.29, 0.717) is 16.8 Å². The summed E-state index contributed by atoms with van der Waals surface area (Å²) in [5, 5.41) is 5.48. The number of piperidine rings is 1. The first-order chi connectivity index (χ1) is 11.9. The van der Waals surface area contributed by atoms with Crippen LogP contribution >= 0.6 is 0 Å². The summed E-state index contributed by atoms with van der Waals surface area (Å²) in [5.74, 6) is -1.95. The second-order valence-corrected chi connectivity index (χ2v) is 6.51. The van der Waals surface area contributed by atoms with Crippen LogP contribution in [0, 0.1) is 0 Å². The second kappa shape index (κ2) is 6.66. The molecule has 1 aromatic carbocycles. The van der Waals surface area contributed by atoms with Crippen molar-refractivity contribution in [3.63, 3.8) is 0 Å². The fraction of sp³-hybridized carbons (Fsp3) is 0.444. The molecule has 0 aliphatic carbocycles. The summed E-state index contributed by atoms with van der Waals surface area (Å²) in [4.78, 5) is 50.0. The number of anilines is 1. The minimum Gasteiger partial charge on any atom is -0.382 e. The van der Waals surface area contributed by atoms with Gasteiger partial charge in [0.2, 0.25) is 11.8 Å². The molecular formula is C18H21N3O4. The lowest BCUT2D eigenvalue weighted by atomic mass is 10.0. The second-order valence-electron chi connectivity index (χ2n) is 6.51. The summed E-state index contributed by atoms with van der Waals surface area (Å²) in [6.45, 7) is 4.09. The average molecular weight is 343 g/mol. The van der Waals surface area contributed by atoms with E-state index in [1.165, 1.54) is 0 Å². The third-order valence-corrected chi connectivity index (χ3v) is 4.59. The Balaban J connectivity index is 1.91. The molecule has 3 rings (SSSR count). The molecule has 7 nitrogen and oxygen atoms in total. The van der Waals surface area contributed by atoms with Gasteiger partial charge in [-0.25, -0.2) is 0 Å². The highest BCUT2D eigenvalue weighted by atomic mass is 16.2. The van der Waals surface area contributed by atoms with Crippen LogP contribution in [0.1, 0.15) is 60.2 Å². The number of carbonyl (C=O) groups excluding carboxylic acids is 4. The van der Waals surface area contributed by atoms with E-state index in [9.17, 15) is 19.2 Å². The lowest BCUT2D eigenvalue weighted by Crippen LogP contribution is -2.54. The molecule has 2 aliphatic heterocycles. The summed E-state index contributed by atoms with van der Waals surface area (Å²) < 4.78 is 0. The first-order valence-electron chi connectivity index (χ1n) is 8.55. The number of hydrogen-bond donors (Lipinski definition) is 2. The lowest BCUT2D eigenvalue weighted by Gasteiger charge is -2.27. The van der Waals surface area contributed by atoms with Crippen molar-refractivity contribution in [3.05, 3.63) is 29.3 Å². The molecule has 2 heterocycles. The van der Waals surface area contributed by atoms with Gasteiger partial charge in [0.1, 0.15) is 6.04 Å². The molecule has 1 saturated heterocycles. The van der Waals surface area contributed by atoms with E-state index in [1.807, 2.05) is 6.92 Å². The Bertz CT molecular complexity index is 759. The highest BCUT2D eigenvalue weighted by molar-refractivity contribution is 6.25. The van der Waals surface area contributed by atoms with E-state index in [2.05, 4.69) is 17.6 Å². The first-order valence-corrected chi connectivity index (χ1v) is 8.55. The third-order valence-electron chi connectivity index (χ3n) is 4.59.